The maximum Gasteiger partial charge on any atom is 0.211 e. The van der Waals surface area contributed by atoms with Crippen molar-refractivity contribution in [1.82, 2.24) is 4.98 Å². The number of halogens is 1. The zero-order valence-corrected chi connectivity index (χ0v) is 13.8. The Kier molecular flexibility index (Phi) is 3.93. The molecule has 0 aliphatic carbocycles. The zero-order chi connectivity index (χ0) is 17.4. The number of fused-ring (bicyclic) bond motifs is 1. The molecule has 0 radical (unpaired) electrons. The maximum atomic E-state index is 14.0. The number of hydrogen-bond donors (Lipinski definition) is 1. The molecule has 1 atom stereocenters. The molecule has 3 aromatic rings. The van der Waals surface area contributed by atoms with Gasteiger partial charge in [-0.05, 0) is 24.3 Å². The summed E-state index contributed by atoms with van der Waals surface area (Å²) < 4.78 is 24.9. The minimum absolute atomic E-state index is 0.0732. The van der Waals surface area contributed by atoms with Crippen LogP contribution < -0.4 is 10.5 Å². The Balaban J connectivity index is 1.60. The summed E-state index contributed by atoms with van der Waals surface area (Å²) >= 11 is 1.35. The van der Waals surface area contributed by atoms with E-state index >= 15 is 0 Å². The Bertz CT molecular complexity index is 943. The molecule has 2 N–H and O–H groups in total. The number of aromatic nitrogens is 1. The molecule has 0 spiro atoms. The highest BCUT2D eigenvalue weighted by molar-refractivity contribution is 8.01. The van der Waals surface area contributed by atoms with E-state index in [1.165, 1.54) is 30.2 Å². The standard InChI is InChI=1S/C18H13FN2O3S/c19-11-8-10(20)3-4-13(11)24-15-5-6-21-12-9-16(25-18(12)15)17(22)14-2-1-7-23-14/h1-8,16H,9,20H2. The van der Waals surface area contributed by atoms with E-state index in [1.54, 1.807) is 30.5 Å². The molecular formula is C18H13FN2O3S. The van der Waals surface area contributed by atoms with Gasteiger partial charge >= 0.3 is 0 Å². The van der Waals surface area contributed by atoms with Gasteiger partial charge in [0.2, 0.25) is 5.78 Å². The van der Waals surface area contributed by atoms with Crippen LogP contribution in [0.1, 0.15) is 16.2 Å². The Morgan fingerprint density at radius 1 is 1.32 bits per heavy atom. The lowest BCUT2D eigenvalue weighted by molar-refractivity contribution is 0.0963. The number of pyridine rings is 1. The highest BCUT2D eigenvalue weighted by Gasteiger charge is 2.33. The number of furan rings is 1. The summed E-state index contributed by atoms with van der Waals surface area (Å²) in [5, 5.41) is -0.338. The van der Waals surface area contributed by atoms with Gasteiger partial charge < -0.3 is 14.9 Å². The molecule has 4 rings (SSSR count). The van der Waals surface area contributed by atoms with E-state index in [0.29, 0.717) is 23.6 Å². The van der Waals surface area contributed by atoms with Crippen molar-refractivity contribution in [2.24, 2.45) is 0 Å². The largest absolute Gasteiger partial charge is 0.461 e. The van der Waals surface area contributed by atoms with E-state index in [4.69, 9.17) is 14.9 Å². The highest BCUT2D eigenvalue weighted by Crippen LogP contribution is 2.44. The summed E-state index contributed by atoms with van der Waals surface area (Å²) in [6, 6.07) is 9.21. The molecule has 25 heavy (non-hydrogen) atoms. The number of anilines is 1. The Hall–Kier alpha value is -2.80. The molecule has 126 valence electrons. The van der Waals surface area contributed by atoms with Gasteiger partial charge in [-0.2, -0.15) is 0 Å². The first-order chi connectivity index (χ1) is 12.1. The predicted molar refractivity (Wildman–Crippen MR) is 91.5 cm³/mol. The summed E-state index contributed by atoms with van der Waals surface area (Å²) in [7, 11) is 0. The highest BCUT2D eigenvalue weighted by atomic mass is 32.2. The number of ketones is 1. The van der Waals surface area contributed by atoms with Crippen LogP contribution in [0.15, 0.2) is 58.2 Å². The lowest BCUT2D eigenvalue weighted by Gasteiger charge is -2.10. The molecule has 0 fully saturated rings. The molecule has 3 heterocycles. The van der Waals surface area contributed by atoms with Gasteiger partial charge in [0.05, 0.1) is 22.1 Å². The first-order valence-corrected chi connectivity index (χ1v) is 8.45. The summed E-state index contributed by atoms with van der Waals surface area (Å²) in [6.07, 6.45) is 3.53. The van der Waals surface area contributed by atoms with Gasteiger partial charge in [-0.15, -0.1) is 11.8 Å². The van der Waals surface area contributed by atoms with Crippen molar-refractivity contribution in [1.29, 1.82) is 0 Å². The summed E-state index contributed by atoms with van der Waals surface area (Å²) in [6.45, 7) is 0. The normalized spacial score (nSPS) is 15.8. The van der Waals surface area contributed by atoms with E-state index in [9.17, 15) is 9.18 Å². The number of nitrogens with zero attached hydrogens (tertiary/aromatic N) is 1. The lowest BCUT2D eigenvalue weighted by Crippen LogP contribution is -2.15. The van der Waals surface area contributed by atoms with Crippen LogP contribution in [-0.4, -0.2) is 16.0 Å². The van der Waals surface area contributed by atoms with Gasteiger partial charge in [0.1, 0.15) is 5.75 Å². The van der Waals surface area contributed by atoms with Crippen LogP contribution in [0.5, 0.6) is 11.5 Å². The van der Waals surface area contributed by atoms with Gasteiger partial charge in [-0.1, -0.05) is 0 Å². The van der Waals surface area contributed by atoms with Crippen LogP contribution in [0.4, 0.5) is 10.1 Å². The SMILES string of the molecule is Nc1ccc(Oc2ccnc3c2SC(C(=O)c2ccco2)C3)c(F)c1. The zero-order valence-electron chi connectivity index (χ0n) is 12.9. The fourth-order valence-corrected chi connectivity index (χ4v) is 3.87. The second-order valence-corrected chi connectivity index (χ2v) is 6.74. The number of thioether (sulfide) groups is 1. The molecule has 0 saturated heterocycles. The number of carbonyl (C=O) groups is 1. The molecular weight excluding hydrogens is 343 g/mol. The topological polar surface area (TPSA) is 78.4 Å². The average molecular weight is 356 g/mol. The molecule has 2 aromatic heterocycles. The molecule has 1 aromatic carbocycles. The van der Waals surface area contributed by atoms with Gasteiger partial charge in [-0.3, -0.25) is 9.78 Å². The van der Waals surface area contributed by atoms with Gasteiger partial charge in [0.15, 0.2) is 17.3 Å². The molecule has 1 unspecified atom stereocenters. The molecule has 0 saturated carbocycles. The predicted octanol–water partition coefficient (Wildman–Crippen LogP) is 4.09. The quantitative estimate of drug-likeness (QED) is 0.560. The van der Waals surface area contributed by atoms with Crippen molar-refractivity contribution in [3.8, 4) is 11.5 Å². The summed E-state index contributed by atoms with van der Waals surface area (Å²) in [5.74, 6) is 0.212. The van der Waals surface area contributed by atoms with E-state index in [1.807, 2.05) is 0 Å². The molecule has 1 aliphatic rings. The fraction of sp³-hybridized carbons (Fsp3) is 0.111. The van der Waals surface area contributed by atoms with Crippen molar-refractivity contribution in [2.45, 2.75) is 16.6 Å². The van der Waals surface area contributed by atoms with Crippen molar-refractivity contribution in [3.05, 3.63) is 66.1 Å². The van der Waals surface area contributed by atoms with Crippen LogP contribution in [0.2, 0.25) is 0 Å². The van der Waals surface area contributed by atoms with E-state index < -0.39 is 5.82 Å². The third-order valence-corrected chi connectivity index (χ3v) is 5.15. The number of nitrogens with two attached hydrogens (primary N) is 1. The lowest BCUT2D eigenvalue weighted by atomic mass is 10.1. The molecule has 0 amide bonds. The fourth-order valence-electron chi connectivity index (χ4n) is 2.62. The Morgan fingerprint density at radius 3 is 2.96 bits per heavy atom. The molecule has 1 aliphatic heterocycles. The third-order valence-electron chi connectivity index (χ3n) is 3.81. The summed E-state index contributed by atoms with van der Waals surface area (Å²) in [4.78, 5) is 17.5. The van der Waals surface area contributed by atoms with Crippen LogP contribution in [0, 0.1) is 5.82 Å². The minimum atomic E-state index is -0.545. The first-order valence-electron chi connectivity index (χ1n) is 7.57. The monoisotopic (exact) mass is 356 g/mol. The van der Waals surface area contributed by atoms with E-state index in [2.05, 4.69) is 4.98 Å². The number of rotatable bonds is 4. The van der Waals surface area contributed by atoms with Crippen molar-refractivity contribution >= 4 is 23.2 Å². The first kappa shape index (κ1) is 15.7. The van der Waals surface area contributed by atoms with E-state index in [-0.39, 0.29) is 16.8 Å². The van der Waals surface area contributed by atoms with E-state index in [0.717, 1.165) is 10.6 Å². The molecule has 7 heteroatoms. The van der Waals surface area contributed by atoms with Gasteiger partial charge in [-0.25, -0.2) is 4.39 Å². The Morgan fingerprint density at radius 2 is 2.20 bits per heavy atom. The number of nitrogen functional groups attached to an aromatic ring is 1. The van der Waals surface area contributed by atoms with Crippen LogP contribution in [0.25, 0.3) is 0 Å². The van der Waals surface area contributed by atoms with Gasteiger partial charge in [0, 0.05) is 30.4 Å². The minimum Gasteiger partial charge on any atom is -0.461 e. The third kappa shape index (κ3) is 2.98. The van der Waals surface area contributed by atoms with Crippen molar-refractivity contribution in [3.63, 3.8) is 0 Å². The number of carbonyl (C=O) groups excluding carboxylic acids is 1. The van der Waals surface area contributed by atoms with Crippen LogP contribution in [-0.2, 0) is 6.42 Å². The number of hydrogen-bond acceptors (Lipinski definition) is 6. The molecule has 0 bridgehead atoms. The second-order valence-electron chi connectivity index (χ2n) is 5.53. The Labute approximate surface area is 147 Å². The van der Waals surface area contributed by atoms with Gasteiger partial charge in [0.25, 0.3) is 0 Å². The average Bonchev–Trinajstić information content (AvgIpc) is 3.26. The maximum absolute atomic E-state index is 14.0. The summed E-state index contributed by atoms with van der Waals surface area (Å²) in [5.41, 5.74) is 6.63. The second kappa shape index (κ2) is 6.25. The van der Waals surface area contributed by atoms with Crippen molar-refractivity contribution < 1.29 is 18.3 Å². The van der Waals surface area contributed by atoms with Crippen LogP contribution in [0.3, 0.4) is 0 Å². The number of ether oxygens (including phenoxy) is 1. The van der Waals surface area contributed by atoms with Crippen molar-refractivity contribution in [2.75, 3.05) is 5.73 Å². The molecule has 5 nitrogen and oxygen atoms in total. The number of benzene rings is 1. The van der Waals surface area contributed by atoms with Crippen LogP contribution >= 0.6 is 11.8 Å². The number of Topliss-reactive ketones (excluding diaryl/α,β-unsaturated/α-hetero) is 1. The smallest absolute Gasteiger partial charge is 0.211 e.